The maximum absolute atomic E-state index is 15.3. The second-order valence-corrected chi connectivity index (χ2v) is 15.0. The van der Waals surface area contributed by atoms with Crippen molar-refractivity contribution >= 4 is 40.7 Å². The number of aromatic nitrogens is 3. The van der Waals surface area contributed by atoms with E-state index in [0.29, 0.717) is 60.5 Å². The predicted octanol–water partition coefficient (Wildman–Crippen LogP) is 5.71. The number of piperidine rings is 2. The van der Waals surface area contributed by atoms with E-state index < -0.39 is 47.2 Å². The van der Waals surface area contributed by atoms with Crippen molar-refractivity contribution in [1.29, 1.82) is 0 Å². The summed E-state index contributed by atoms with van der Waals surface area (Å²) in [6.07, 6.45) is -0.154. The van der Waals surface area contributed by atoms with Crippen molar-refractivity contribution in [2.45, 2.75) is 64.0 Å². The number of benzene rings is 3. The van der Waals surface area contributed by atoms with Crippen LogP contribution in [-0.2, 0) is 28.9 Å². The minimum atomic E-state index is -4.70. The number of imide groups is 1. The molecule has 1 unspecified atom stereocenters. The van der Waals surface area contributed by atoms with Crippen molar-refractivity contribution in [3.63, 3.8) is 0 Å². The molecule has 3 aromatic carbocycles. The van der Waals surface area contributed by atoms with Crippen LogP contribution in [0.15, 0.2) is 73.1 Å². The van der Waals surface area contributed by atoms with Crippen LogP contribution >= 0.6 is 0 Å². The predicted molar refractivity (Wildman–Crippen MR) is 209 cm³/mol. The van der Waals surface area contributed by atoms with Crippen LogP contribution < -0.4 is 15.5 Å². The zero-order valence-corrected chi connectivity index (χ0v) is 32.1. The molecule has 2 aromatic heterocycles. The fourth-order valence-electron chi connectivity index (χ4n) is 8.04. The summed E-state index contributed by atoms with van der Waals surface area (Å²) in [5.41, 5.74) is 2.94. The fourth-order valence-corrected chi connectivity index (χ4v) is 8.04. The Balaban J connectivity index is 0.909. The Morgan fingerprint density at radius 2 is 1.81 bits per heavy atom. The third-order valence-corrected chi connectivity index (χ3v) is 11.2. The number of amides is 4. The van der Waals surface area contributed by atoms with Crippen LogP contribution in [-0.4, -0.2) is 80.2 Å². The molecule has 2 N–H and O–H groups in total. The maximum Gasteiger partial charge on any atom is 0.418 e. The van der Waals surface area contributed by atoms with Gasteiger partial charge in [0.2, 0.25) is 11.8 Å². The molecule has 0 bridgehead atoms. The van der Waals surface area contributed by atoms with Crippen LogP contribution in [0, 0.1) is 24.6 Å². The first-order chi connectivity index (χ1) is 28.2. The van der Waals surface area contributed by atoms with E-state index in [2.05, 4.69) is 32.6 Å². The molecule has 0 saturated carbocycles. The van der Waals surface area contributed by atoms with Gasteiger partial charge in [-0.05, 0) is 104 Å². The van der Waals surface area contributed by atoms with Crippen LogP contribution in [0.2, 0.25) is 0 Å². The summed E-state index contributed by atoms with van der Waals surface area (Å²) in [5.74, 6) is 3.23. The van der Waals surface area contributed by atoms with E-state index >= 15 is 4.39 Å². The average molecular weight is 807 g/mol. The van der Waals surface area contributed by atoms with E-state index in [-0.39, 0.29) is 47.9 Å². The summed E-state index contributed by atoms with van der Waals surface area (Å²) in [6, 6.07) is 14.4. The lowest BCUT2D eigenvalue weighted by Gasteiger charge is -2.39. The standard InChI is InChI=1S/C43H38F4N8O4/c1-25-5-6-28(20-27(25)7-9-32-22-48-37-4-3-15-49-55(32)37)40(57)50-30-8-10-35(33(21-30)43(45,46)47)53-16-13-31(14-17-53)52(2)23-26-18-29-24-54(42(59)39(29)34(44)19-26)36-11-12-38(56)51-41(36)58/h3-6,8,10,15,18-22,31,36H,11-14,16-17,23-24H2,1-2H3,(H,50,57)(H,51,56,58). The monoisotopic (exact) mass is 806 g/mol. The number of hydrogen-bond donors (Lipinski definition) is 2. The van der Waals surface area contributed by atoms with Gasteiger partial charge in [-0.3, -0.25) is 29.4 Å². The molecule has 8 rings (SSSR count). The van der Waals surface area contributed by atoms with Crippen molar-refractivity contribution in [3.05, 3.63) is 124 Å². The van der Waals surface area contributed by atoms with Crippen molar-refractivity contribution in [2.75, 3.05) is 30.4 Å². The third kappa shape index (κ3) is 7.98. The van der Waals surface area contributed by atoms with E-state index in [9.17, 15) is 32.3 Å². The number of carbonyl (C=O) groups is 4. The topological polar surface area (TPSA) is 132 Å². The molecule has 1 atom stereocenters. The quantitative estimate of drug-likeness (QED) is 0.122. The molecule has 2 fully saturated rings. The largest absolute Gasteiger partial charge is 0.418 e. The molecule has 12 nitrogen and oxygen atoms in total. The number of carbonyl (C=O) groups excluding carboxylic acids is 4. The lowest BCUT2D eigenvalue weighted by Crippen LogP contribution is -2.52. The molecule has 2 saturated heterocycles. The van der Waals surface area contributed by atoms with E-state index in [1.165, 1.54) is 23.1 Å². The van der Waals surface area contributed by atoms with Crippen molar-refractivity contribution < 1.29 is 36.7 Å². The number of imidazole rings is 1. The molecule has 3 aliphatic heterocycles. The minimum Gasteiger partial charge on any atom is -0.371 e. The first-order valence-electron chi connectivity index (χ1n) is 19.1. The molecule has 3 aliphatic rings. The van der Waals surface area contributed by atoms with Gasteiger partial charge < -0.3 is 15.1 Å². The van der Waals surface area contributed by atoms with Gasteiger partial charge in [0.25, 0.3) is 11.8 Å². The van der Waals surface area contributed by atoms with Crippen molar-refractivity contribution in [2.24, 2.45) is 0 Å². The first kappa shape index (κ1) is 39.2. The van der Waals surface area contributed by atoms with Gasteiger partial charge >= 0.3 is 6.18 Å². The molecular formula is C43H38F4N8O4. The summed E-state index contributed by atoms with van der Waals surface area (Å²) in [4.78, 5) is 59.7. The number of hydrogen-bond acceptors (Lipinski definition) is 8. The van der Waals surface area contributed by atoms with Gasteiger partial charge in [0.1, 0.15) is 17.6 Å². The molecular weight excluding hydrogens is 769 g/mol. The van der Waals surface area contributed by atoms with Gasteiger partial charge in [-0.15, -0.1) is 0 Å². The molecule has 4 amide bonds. The summed E-state index contributed by atoms with van der Waals surface area (Å²) in [6.45, 7) is 2.88. The maximum atomic E-state index is 15.3. The number of rotatable bonds is 7. The molecule has 16 heteroatoms. The molecule has 302 valence electrons. The summed E-state index contributed by atoms with van der Waals surface area (Å²) in [7, 11) is 1.87. The smallest absolute Gasteiger partial charge is 0.371 e. The Kier molecular flexibility index (Phi) is 10.4. The molecule has 0 aliphatic carbocycles. The fraction of sp³-hybridized carbons (Fsp3) is 0.302. The van der Waals surface area contributed by atoms with Gasteiger partial charge in [0, 0.05) is 67.3 Å². The Morgan fingerprint density at radius 3 is 2.58 bits per heavy atom. The van der Waals surface area contributed by atoms with Gasteiger partial charge in [0.05, 0.1) is 17.3 Å². The number of fused-ring (bicyclic) bond motifs is 2. The van der Waals surface area contributed by atoms with Gasteiger partial charge in [0.15, 0.2) is 5.65 Å². The van der Waals surface area contributed by atoms with E-state index in [1.54, 1.807) is 58.2 Å². The van der Waals surface area contributed by atoms with E-state index in [4.69, 9.17) is 0 Å². The summed E-state index contributed by atoms with van der Waals surface area (Å²) < 4.78 is 60.6. The zero-order chi connectivity index (χ0) is 41.6. The third-order valence-electron chi connectivity index (χ3n) is 11.2. The Bertz CT molecular complexity index is 2590. The molecule has 5 aromatic rings. The Morgan fingerprint density at radius 1 is 1.02 bits per heavy atom. The van der Waals surface area contributed by atoms with Gasteiger partial charge in [-0.25, -0.2) is 13.9 Å². The van der Waals surface area contributed by atoms with Crippen molar-refractivity contribution in [3.8, 4) is 11.8 Å². The van der Waals surface area contributed by atoms with E-state index in [1.807, 2.05) is 18.9 Å². The van der Waals surface area contributed by atoms with Crippen LogP contribution in [0.25, 0.3) is 5.65 Å². The number of nitrogens with zero attached hydrogens (tertiary/aromatic N) is 6. The molecule has 5 heterocycles. The normalized spacial score (nSPS) is 17.3. The number of aryl methyl sites for hydroxylation is 1. The Hall–Kier alpha value is -6.60. The zero-order valence-electron chi connectivity index (χ0n) is 32.1. The lowest BCUT2D eigenvalue weighted by atomic mass is 9.99. The summed E-state index contributed by atoms with van der Waals surface area (Å²) >= 11 is 0. The highest BCUT2D eigenvalue weighted by Crippen LogP contribution is 2.40. The minimum absolute atomic E-state index is 0.00536. The lowest BCUT2D eigenvalue weighted by molar-refractivity contribution is -0.138. The van der Waals surface area contributed by atoms with Crippen molar-refractivity contribution in [1.82, 2.24) is 29.7 Å². The Labute approximate surface area is 336 Å². The molecule has 0 spiro atoms. The van der Waals surface area contributed by atoms with Gasteiger partial charge in [-0.1, -0.05) is 18.1 Å². The number of nitrogens with one attached hydrogen (secondary N) is 2. The second kappa shape index (κ2) is 15.6. The highest BCUT2D eigenvalue weighted by molar-refractivity contribution is 6.06. The van der Waals surface area contributed by atoms with Crippen LogP contribution in [0.3, 0.4) is 0 Å². The molecule has 0 radical (unpaired) electrons. The number of anilines is 2. The van der Waals surface area contributed by atoms with E-state index in [0.717, 1.165) is 11.6 Å². The number of alkyl halides is 3. The average Bonchev–Trinajstić information content (AvgIpc) is 3.77. The summed E-state index contributed by atoms with van der Waals surface area (Å²) in [5, 5.41) is 9.11. The van der Waals surface area contributed by atoms with Crippen LogP contribution in [0.4, 0.5) is 28.9 Å². The van der Waals surface area contributed by atoms with Crippen LogP contribution in [0.5, 0.6) is 0 Å². The highest BCUT2D eigenvalue weighted by Gasteiger charge is 2.41. The number of halogens is 4. The SMILES string of the molecule is Cc1ccc(C(=O)Nc2ccc(N3CCC(N(C)Cc4cc(F)c5c(c4)CN(C4CCC(=O)NC4=O)C5=O)CC3)c(C(F)(F)F)c2)cc1C#Cc1cnc2cccnn12. The van der Waals surface area contributed by atoms with Gasteiger partial charge in [-0.2, -0.15) is 18.3 Å². The molecule has 59 heavy (non-hydrogen) atoms. The first-order valence-corrected chi connectivity index (χ1v) is 19.1. The second-order valence-electron chi connectivity index (χ2n) is 15.0. The highest BCUT2D eigenvalue weighted by atomic mass is 19.4. The van der Waals surface area contributed by atoms with Crippen LogP contribution in [0.1, 0.15) is 79.9 Å².